The van der Waals surface area contributed by atoms with Crippen LogP contribution in [0, 0.1) is 6.92 Å². The van der Waals surface area contributed by atoms with Crippen LogP contribution in [-0.4, -0.2) is 34.1 Å². The van der Waals surface area contributed by atoms with Crippen molar-refractivity contribution in [3.8, 4) is 0 Å². The van der Waals surface area contributed by atoms with E-state index in [0.29, 0.717) is 16.4 Å². The number of halogens is 3. The average Bonchev–Trinajstić information content (AvgIpc) is 2.94. The lowest BCUT2D eigenvalue weighted by molar-refractivity contribution is -0.143. The monoisotopic (exact) mass is 352 g/mol. The molecule has 0 aliphatic rings. The molecule has 23 heavy (non-hydrogen) atoms. The Kier molecular flexibility index (Phi) is 4.78. The van der Waals surface area contributed by atoms with Crippen LogP contribution >= 0.6 is 0 Å². The van der Waals surface area contributed by atoms with E-state index in [1.54, 1.807) is 6.92 Å². The Morgan fingerprint density at radius 3 is 2.57 bits per heavy atom. The lowest BCUT2D eigenvalue weighted by Gasteiger charge is -2.04. The topological polar surface area (TPSA) is 90.9 Å². The largest absolute Gasteiger partial charge is 0.433 e. The summed E-state index contributed by atoms with van der Waals surface area (Å²) in [4.78, 5) is 3.94. The van der Waals surface area contributed by atoms with Crippen LogP contribution in [0.25, 0.3) is 0 Å². The third-order valence-electron chi connectivity index (χ3n) is 3.00. The molecule has 7 nitrogen and oxygen atoms in total. The number of aromatic nitrogens is 4. The predicted octanol–water partition coefficient (Wildman–Crippen LogP) is 1.68. The third kappa shape index (κ3) is 4.78. The molecular weight excluding hydrogens is 337 g/mol. The zero-order valence-corrected chi connectivity index (χ0v) is 13.3. The average molecular weight is 352 g/mol. The third-order valence-corrected chi connectivity index (χ3v) is 4.65. The van der Waals surface area contributed by atoms with Crippen LogP contribution in [0.1, 0.15) is 29.5 Å². The molecule has 2 heterocycles. The zero-order chi connectivity index (χ0) is 17.3. The van der Waals surface area contributed by atoms with Gasteiger partial charge in [-0.2, -0.15) is 23.3 Å². The number of sulfone groups is 1. The smallest absolute Gasteiger partial charge is 0.339 e. The van der Waals surface area contributed by atoms with Crippen molar-refractivity contribution in [1.82, 2.24) is 19.9 Å². The molecule has 0 radical (unpaired) electrons. The minimum Gasteiger partial charge on any atom is -0.339 e. The van der Waals surface area contributed by atoms with E-state index in [4.69, 9.17) is 4.52 Å². The van der Waals surface area contributed by atoms with Gasteiger partial charge in [-0.1, -0.05) is 5.16 Å². The van der Waals surface area contributed by atoms with Gasteiger partial charge in [-0.15, -0.1) is 0 Å². The highest BCUT2D eigenvalue weighted by atomic mass is 32.2. The molecule has 0 bridgehead atoms. The van der Waals surface area contributed by atoms with E-state index in [-0.39, 0.29) is 24.3 Å². The molecule has 0 saturated heterocycles. The van der Waals surface area contributed by atoms with Crippen molar-refractivity contribution in [2.24, 2.45) is 7.05 Å². The summed E-state index contributed by atoms with van der Waals surface area (Å²) in [6.45, 7) is 1.64. The Balaban J connectivity index is 1.96. The van der Waals surface area contributed by atoms with Gasteiger partial charge < -0.3 is 4.52 Å². The molecule has 2 rings (SSSR count). The molecule has 2 aromatic heterocycles. The molecule has 0 aliphatic carbocycles. The minimum atomic E-state index is -4.57. The second-order valence-electron chi connectivity index (χ2n) is 5.07. The van der Waals surface area contributed by atoms with Crippen molar-refractivity contribution in [2.45, 2.75) is 31.7 Å². The summed E-state index contributed by atoms with van der Waals surface area (Å²) in [6.07, 6.45) is -4.04. The van der Waals surface area contributed by atoms with E-state index in [1.807, 2.05) is 0 Å². The van der Waals surface area contributed by atoms with Gasteiger partial charge in [0, 0.05) is 13.5 Å². The van der Waals surface area contributed by atoms with Crippen LogP contribution in [-0.2, 0) is 35.2 Å². The van der Waals surface area contributed by atoms with Gasteiger partial charge >= 0.3 is 6.18 Å². The van der Waals surface area contributed by atoms with Crippen LogP contribution in [0.2, 0.25) is 0 Å². The highest BCUT2D eigenvalue weighted by molar-refractivity contribution is 7.90. The molecule has 0 unspecified atom stereocenters. The molecule has 0 atom stereocenters. The summed E-state index contributed by atoms with van der Waals surface area (Å²) >= 11 is 0. The van der Waals surface area contributed by atoms with Crippen LogP contribution in [0.3, 0.4) is 0 Å². The molecule has 11 heteroatoms. The van der Waals surface area contributed by atoms with Gasteiger partial charge in [-0.05, 0) is 19.4 Å². The van der Waals surface area contributed by atoms with Gasteiger partial charge in [-0.25, -0.2) is 8.42 Å². The fourth-order valence-corrected chi connectivity index (χ4v) is 3.37. The van der Waals surface area contributed by atoms with E-state index < -0.39 is 27.5 Å². The minimum absolute atomic E-state index is 0.131. The van der Waals surface area contributed by atoms with Crippen molar-refractivity contribution in [1.29, 1.82) is 0 Å². The second kappa shape index (κ2) is 6.30. The number of alkyl halides is 3. The first-order valence-corrected chi connectivity index (χ1v) is 8.49. The van der Waals surface area contributed by atoms with Crippen molar-refractivity contribution < 1.29 is 26.1 Å². The zero-order valence-electron chi connectivity index (χ0n) is 12.5. The maximum Gasteiger partial charge on any atom is 0.433 e. The van der Waals surface area contributed by atoms with E-state index in [9.17, 15) is 21.6 Å². The number of aryl methyl sites for hydroxylation is 3. The number of hydrogen-bond donors (Lipinski definition) is 0. The van der Waals surface area contributed by atoms with Gasteiger partial charge in [0.25, 0.3) is 0 Å². The van der Waals surface area contributed by atoms with Gasteiger partial charge in [0.2, 0.25) is 5.89 Å². The fraction of sp³-hybridized carbons (Fsp3) is 0.583. The number of rotatable bonds is 6. The summed E-state index contributed by atoms with van der Waals surface area (Å²) in [6, 6.07) is 0.749. The van der Waals surface area contributed by atoms with E-state index in [2.05, 4.69) is 15.2 Å². The van der Waals surface area contributed by atoms with Crippen LogP contribution in [0.4, 0.5) is 13.2 Å². The van der Waals surface area contributed by atoms with Crippen molar-refractivity contribution in [3.63, 3.8) is 0 Å². The van der Waals surface area contributed by atoms with E-state index in [0.717, 1.165) is 13.1 Å². The van der Waals surface area contributed by atoms with Gasteiger partial charge in [0.1, 0.15) is 5.69 Å². The van der Waals surface area contributed by atoms with Crippen LogP contribution in [0.5, 0.6) is 0 Å². The van der Waals surface area contributed by atoms with Gasteiger partial charge in [0.05, 0.1) is 17.2 Å². The summed E-state index contributed by atoms with van der Waals surface area (Å²) in [7, 11) is -2.46. The molecule has 0 fully saturated rings. The molecule has 0 aliphatic heterocycles. The molecule has 0 N–H and O–H groups in total. The Morgan fingerprint density at radius 1 is 1.35 bits per heavy atom. The standard InChI is InChI=1S/C12H15F3N4O3S/c1-8-16-11(22-18-8)4-3-5-23(20,21)7-9-6-10(12(13,14)15)19(2)17-9/h6H,3-5,7H2,1-2H3. The summed E-state index contributed by atoms with van der Waals surface area (Å²) in [5, 5.41) is 7.19. The molecule has 0 amide bonds. The van der Waals surface area contributed by atoms with Crippen molar-refractivity contribution in [2.75, 3.05) is 5.75 Å². The van der Waals surface area contributed by atoms with Gasteiger partial charge in [-0.3, -0.25) is 4.68 Å². The first-order chi connectivity index (χ1) is 10.6. The fourth-order valence-electron chi connectivity index (χ4n) is 2.04. The highest BCUT2D eigenvalue weighted by Gasteiger charge is 2.35. The van der Waals surface area contributed by atoms with E-state index >= 15 is 0 Å². The quantitative estimate of drug-likeness (QED) is 0.785. The van der Waals surface area contributed by atoms with Crippen molar-refractivity contribution in [3.05, 3.63) is 29.2 Å². The maximum absolute atomic E-state index is 12.7. The second-order valence-corrected chi connectivity index (χ2v) is 7.26. The first-order valence-electron chi connectivity index (χ1n) is 6.66. The normalized spacial score (nSPS) is 12.7. The van der Waals surface area contributed by atoms with E-state index in [1.165, 1.54) is 0 Å². The molecule has 0 saturated carbocycles. The van der Waals surface area contributed by atoms with Crippen LogP contribution in [0.15, 0.2) is 10.6 Å². The molecule has 0 spiro atoms. The maximum atomic E-state index is 12.7. The van der Waals surface area contributed by atoms with Gasteiger partial charge in [0.15, 0.2) is 15.7 Å². The number of nitrogens with zero attached hydrogens (tertiary/aromatic N) is 4. The Morgan fingerprint density at radius 2 is 2.04 bits per heavy atom. The summed E-state index contributed by atoms with van der Waals surface area (Å²) in [5.74, 6) is 0.0393. The molecule has 128 valence electrons. The SMILES string of the molecule is Cc1noc(CCCS(=O)(=O)Cc2cc(C(F)(F)F)n(C)n2)n1. The Hall–Kier alpha value is -1.91. The highest BCUT2D eigenvalue weighted by Crippen LogP contribution is 2.29. The molecule has 0 aromatic carbocycles. The van der Waals surface area contributed by atoms with Crippen molar-refractivity contribution >= 4 is 9.84 Å². The predicted molar refractivity (Wildman–Crippen MR) is 73.1 cm³/mol. The Bertz CT molecular complexity index is 780. The lowest BCUT2D eigenvalue weighted by Crippen LogP contribution is -2.11. The summed E-state index contributed by atoms with van der Waals surface area (Å²) in [5.41, 5.74) is -1.11. The van der Waals surface area contributed by atoms with Crippen LogP contribution < -0.4 is 0 Å². The molecular formula is C12H15F3N4O3S. The molecule has 2 aromatic rings. The summed E-state index contributed by atoms with van der Waals surface area (Å²) < 4.78 is 67.4. The number of hydrogen-bond acceptors (Lipinski definition) is 6. The first kappa shape index (κ1) is 17.4. The lowest BCUT2D eigenvalue weighted by atomic mass is 10.3. The Labute approximate surface area is 130 Å².